The maximum absolute atomic E-state index is 5.42. The molecule has 0 amide bonds. The molecule has 9 nitrogen and oxygen atoms in total. The second kappa shape index (κ2) is 12.7. The Bertz CT molecular complexity index is 634. The van der Waals surface area contributed by atoms with Gasteiger partial charge < -0.3 is 24.3 Å². The standard InChI is InChI=1S/C19H35N7O2.HI/c1-16-22-23-18(24(16)2)13-21-19(26-8-5-17(14-26)15-27-3)20-6-4-7-25-9-11-28-12-10-25;/h17H,4-15H2,1-3H3,(H,20,21);1H. The van der Waals surface area contributed by atoms with Gasteiger partial charge in [0.15, 0.2) is 11.8 Å². The first kappa shape index (κ1) is 24.3. The number of aliphatic imine (C=N–C) groups is 1. The summed E-state index contributed by atoms with van der Waals surface area (Å²) in [6.45, 7) is 11.1. The number of nitrogens with zero attached hydrogens (tertiary/aromatic N) is 6. The van der Waals surface area contributed by atoms with Crippen molar-refractivity contribution < 1.29 is 9.47 Å². The molecule has 3 heterocycles. The number of ether oxygens (including phenoxy) is 2. The zero-order chi connectivity index (χ0) is 19.8. The molecule has 1 unspecified atom stereocenters. The predicted octanol–water partition coefficient (Wildman–Crippen LogP) is 0.878. The van der Waals surface area contributed by atoms with Gasteiger partial charge in [-0.3, -0.25) is 4.90 Å². The van der Waals surface area contributed by atoms with Gasteiger partial charge in [-0.25, -0.2) is 4.99 Å². The topological polar surface area (TPSA) is 80.0 Å². The molecule has 2 saturated heterocycles. The first-order valence-electron chi connectivity index (χ1n) is 10.3. The third-order valence-corrected chi connectivity index (χ3v) is 5.58. The summed E-state index contributed by atoms with van der Waals surface area (Å²) in [5.74, 6) is 3.34. The van der Waals surface area contributed by atoms with Crippen LogP contribution in [0.15, 0.2) is 4.99 Å². The summed E-state index contributed by atoms with van der Waals surface area (Å²) in [4.78, 5) is 9.68. The lowest BCUT2D eigenvalue weighted by Crippen LogP contribution is -2.42. The van der Waals surface area contributed by atoms with Crippen LogP contribution in [-0.2, 0) is 23.1 Å². The molecule has 0 spiro atoms. The number of morpholine rings is 1. The van der Waals surface area contributed by atoms with E-state index in [0.29, 0.717) is 12.5 Å². The second-order valence-electron chi connectivity index (χ2n) is 7.65. The van der Waals surface area contributed by atoms with Crippen molar-refractivity contribution in [1.82, 2.24) is 29.9 Å². The predicted molar refractivity (Wildman–Crippen MR) is 124 cm³/mol. The summed E-state index contributed by atoms with van der Waals surface area (Å²) in [5.41, 5.74) is 0. The minimum absolute atomic E-state index is 0. The van der Waals surface area contributed by atoms with E-state index in [9.17, 15) is 0 Å². The normalized spacial score (nSPS) is 20.7. The van der Waals surface area contributed by atoms with Crippen molar-refractivity contribution in [3.05, 3.63) is 11.6 Å². The van der Waals surface area contributed by atoms with Gasteiger partial charge in [-0.15, -0.1) is 34.2 Å². The Morgan fingerprint density at radius 3 is 2.76 bits per heavy atom. The Labute approximate surface area is 191 Å². The van der Waals surface area contributed by atoms with Crippen molar-refractivity contribution in [3.8, 4) is 0 Å². The molecule has 0 radical (unpaired) electrons. The van der Waals surface area contributed by atoms with Crippen LogP contribution in [0.25, 0.3) is 0 Å². The van der Waals surface area contributed by atoms with E-state index in [1.807, 2.05) is 18.5 Å². The summed E-state index contributed by atoms with van der Waals surface area (Å²) in [6.07, 6.45) is 2.24. The van der Waals surface area contributed by atoms with Crippen molar-refractivity contribution in [3.63, 3.8) is 0 Å². The molecule has 2 aliphatic rings. The van der Waals surface area contributed by atoms with Crippen LogP contribution in [0, 0.1) is 12.8 Å². The number of halogens is 1. The van der Waals surface area contributed by atoms with Gasteiger partial charge in [-0.2, -0.15) is 0 Å². The van der Waals surface area contributed by atoms with Crippen LogP contribution in [0.4, 0.5) is 0 Å². The first-order valence-corrected chi connectivity index (χ1v) is 10.3. The van der Waals surface area contributed by atoms with E-state index in [-0.39, 0.29) is 24.0 Å². The molecule has 166 valence electrons. The van der Waals surface area contributed by atoms with Crippen LogP contribution in [0.5, 0.6) is 0 Å². The fourth-order valence-corrected chi connectivity index (χ4v) is 3.73. The quantitative estimate of drug-likeness (QED) is 0.236. The third kappa shape index (κ3) is 7.34. The zero-order valence-corrected chi connectivity index (χ0v) is 20.3. The molecular formula is C19H36IN7O2. The van der Waals surface area contributed by atoms with Crippen LogP contribution >= 0.6 is 24.0 Å². The summed E-state index contributed by atoms with van der Waals surface area (Å²) in [5, 5.41) is 11.9. The highest BCUT2D eigenvalue weighted by atomic mass is 127. The minimum Gasteiger partial charge on any atom is -0.384 e. The SMILES string of the molecule is COCC1CCN(C(=NCc2nnc(C)n2C)NCCCN2CCOCC2)C1.I. The van der Waals surface area contributed by atoms with Crippen molar-refractivity contribution in [1.29, 1.82) is 0 Å². The van der Waals surface area contributed by atoms with Crippen LogP contribution in [-0.4, -0.2) is 96.7 Å². The van der Waals surface area contributed by atoms with Crippen molar-refractivity contribution >= 4 is 29.9 Å². The molecule has 29 heavy (non-hydrogen) atoms. The van der Waals surface area contributed by atoms with Gasteiger partial charge in [0.05, 0.1) is 19.8 Å². The first-order chi connectivity index (χ1) is 13.7. The molecular weight excluding hydrogens is 485 g/mol. The summed E-state index contributed by atoms with van der Waals surface area (Å²) in [7, 11) is 3.76. The van der Waals surface area contributed by atoms with Gasteiger partial charge in [0, 0.05) is 52.8 Å². The van der Waals surface area contributed by atoms with Crippen molar-refractivity contribution in [2.45, 2.75) is 26.3 Å². The average Bonchev–Trinajstić information content (AvgIpc) is 3.30. The van der Waals surface area contributed by atoms with Gasteiger partial charge >= 0.3 is 0 Å². The number of likely N-dealkylation sites (tertiary alicyclic amines) is 1. The number of nitrogens with one attached hydrogen (secondary N) is 1. The van der Waals surface area contributed by atoms with Crippen LogP contribution in [0.3, 0.4) is 0 Å². The number of methoxy groups -OCH3 is 1. The van der Waals surface area contributed by atoms with Gasteiger partial charge in [0.1, 0.15) is 12.4 Å². The largest absolute Gasteiger partial charge is 0.384 e. The van der Waals surface area contributed by atoms with Gasteiger partial charge in [-0.05, 0) is 26.3 Å². The monoisotopic (exact) mass is 521 g/mol. The van der Waals surface area contributed by atoms with E-state index < -0.39 is 0 Å². The van der Waals surface area contributed by atoms with Crippen LogP contribution in [0.2, 0.25) is 0 Å². The Morgan fingerprint density at radius 2 is 2.07 bits per heavy atom. The maximum Gasteiger partial charge on any atom is 0.194 e. The van der Waals surface area contributed by atoms with Gasteiger partial charge in [-0.1, -0.05) is 0 Å². The molecule has 2 aliphatic heterocycles. The number of rotatable bonds is 8. The molecule has 10 heteroatoms. The Kier molecular flexibility index (Phi) is 10.6. The highest BCUT2D eigenvalue weighted by molar-refractivity contribution is 14.0. The van der Waals surface area contributed by atoms with E-state index in [1.165, 1.54) is 0 Å². The summed E-state index contributed by atoms with van der Waals surface area (Å²) >= 11 is 0. The highest BCUT2D eigenvalue weighted by Gasteiger charge is 2.25. The van der Waals surface area contributed by atoms with Crippen molar-refractivity contribution in [2.75, 3.05) is 66.2 Å². The molecule has 1 aromatic heterocycles. The van der Waals surface area contributed by atoms with E-state index in [4.69, 9.17) is 14.5 Å². The summed E-state index contributed by atoms with van der Waals surface area (Å²) in [6, 6.07) is 0. The molecule has 1 aromatic rings. The van der Waals surface area contributed by atoms with E-state index in [0.717, 1.165) is 89.5 Å². The maximum atomic E-state index is 5.42. The second-order valence-corrected chi connectivity index (χ2v) is 7.65. The fraction of sp³-hybridized carbons (Fsp3) is 0.842. The molecule has 1 atom stereocenters. The van der Waals surface area contributed by atoms with Crippen LogP contribution < -0.4 is 5.32 Å². The number of guanidine groups is 1. The van der Waals surface area contributed by atoms with Gasteiger partial charge in [0.25, 0.3) is 0 Å². The molecule has 1 N–H and O–H groups in total. The third-order valence-electron chi connectivity index (χ3n) is 5.58. The highest BCUT2D eigenvalue weighted by Crippen LogP contribution is 2.16. The Hall–Kier alpha value is -0.980. The molecule has 3 rings (SSSR count). The number of aromatic nitrogens is 3. The lowest BCUT2D eigenvalue weighted by atomic mass is 10.1. The molecule has 0 aromatic carbocycles. The minimum atomic E-state index is 0. The number of hydrogen-bond acceptors (Lipinski definition) is 6. The Morgan fingerprint density at radius 1 is 1.28 bits per heavy atom. The van der Waals surface area contributed by atoms with E-state index in [1.54, 1.807) is 7.11 Å². The molecule has 2 fully saturated rings. The molecule has 0 bridgehead atoms. The van der Waals surface area contributed by atoms with E-state index >= 15 is 0 Å². The smallest absolute Gasteiger partial charge is 0.194 e. The lowest BCUT2D eigenvalue weighted by molar-refractivity contribution is 0.0375. The van der Waals surface area contributed by atoms with E-state index in [2.05, 4.69) is 25.3 Å². The average molecular weight is 521 g/mol. The molecule has 0 saturated carbocycles. The molecule has 0 aliphatic carbocycles. The number of hydrogen-bond donors (Lipinski definition) is 1. The van der Waals surface area contributed by atoms with Crippen molar-refractivity contribution in [2.24, 2.45) is 18.0 Å². The number of aryl methyl sites for hydroxylation is 1. The summed E-state index contributed by atoms with van der Waals surface area (Å²) < 4.78 is 12.8. The van der Waals surface area contributed by atoms with Gasteiger partial charge in [0.2, 0.25) is 0 Å². The lowest BCUT2D eigenvalue weighted by Gasteiger charge is -2.27. The zero-order valence-electron chi connectivity index (χ0n) is 18.0. The van der Waals surface area contributed by atoms with Crippen LogP contribution in [0.1, 0.15) is 24.5 Å². The Balaban J connectivity index is 0.00000300. The fourth-order valence-electron chi connectivity index (χ4n) is 3.73.